The smallest absolute Gasteiger partial charge is 0.242 e. The first kappa shape index (κ1) is 37.3. The van der Waals surface area contributed by atoms with E-state index in [-0.39, 0.29) is 30.1 Å². The number of anilines is 1. The lowest BCUT2D eigenvalue weighted by Gasteiger charge is -2.41. The molecule has 3 saturated heterocycles. The fourth-order valence-electron chi connectivity index (χ4n) is 7.19. The van der Waals surface area contributed by atoms with Gasteiger partial charge in [-0.2, -0.15) is 4.72 Å². The molecule has 0 radical (unpaired) electrons. The summed E-state index contributed by atoms with van der Waals surface area (Å²) in [5.74, 6) is -0.956. The van der Waals surface area contributed by atoms with Crippen molar-refractivity contribution in [3.63, 3.8) is 0 Å². The van der Waals surface area contributed by atoms with E-state index in [1.807, 2.05) is 79.7 Å². The predicted molar refractivity (Wildman–Crippen MR) is 199 cm³/mol. The third kappa shape index (κ3) is 9.40. The summed E-state index contributed by atoms with van der Waals surface area (Å²) in [7, 11) is -4.00. The van der Waals surface area contributed by atoms with Gasteiger partial charge in [-0.15, -0.1) is 0 Å². The molecule has 3 aliphatic heterocycles. The Morgan fingerprint density at radius 3 is 2.28 bits per heavy atom. The highest BCUT2D eigenvalue weighted by molar-refractivity contribution is 7.89. The van der Waals surface area contributed by atoms with Crippen LogP contribution in [0.3, 0.4) is 0 Å². The minimum absolute atomic E-state index is 0.0395. The van der Waals surface area contributed by atoms with Gasteiger partial charge in [0.25, 0.3) is 0 Å². The normalized spacial score (nSPS) is 22.4. The number of rotatable bonds is 12. The third-order valence-electron chi connectivity index (χ3n) is 10.2. The number of ether oxygens (including phenoxy) is 4. The molecular formula is C41H47N3O8S. The molecule has 280 valence electrons. The summed E-state index contributed by atoms with van der Waals surface area (Å²) in [5, 5.41) is 12.6. The van der Waals surface area contributed by atoms with Crippen molar-refractivity contribution in [3.05, 3.63) is 131 Å². The SMILES string of the molecule is Cc1ccc(S(=O)(=O)NC(Cc2ccccc2)C(=O)Nc2cccc(C3OC(CN4CCC5(CC4)OCCO5)CC(c4ccc(CO)cc4)O3)c2)cc1. The summed E-state index contributed by atoms with van der Waals surface area (Å²) >= 11 is 0. The van der Waals surface area contributed by atoms with Gasteiger partial charge in [-0.25, -0.2) is 8.42 Å². The van der Waals surface area contributed by atoms with Crippen LogP contribution in [0.15, 0.2) is 108 Å². The molecule has 0 bridgehead atoms. The van der Waals surface area contributed by atoms with E-state index in [1.165, 1.54) is 12.1 Å². The number of aliphatic hydroxyl groups excluding tert-OH is 1. The van der Waals surface area contributed by atoms with Gasteiger partial charge in [0.1, 0.15) is 6.04 Å². The van der Waals surface area contributed by atoms with Crippen LogP contribution in [0.4, 0.5) is 5.69 Å². The second kappa shape index (κ2) is 16.6. The molecule has 1 amide bonds. The molecule has 0 aliphatic carbocycles. The second-order valence-corrected chi connectivity index (χ2v) is 15.8. The van der Waals surface area contributed by atoms with E-state index >= 15 is 0 Å². The quantitative estimate of drug-likeness (QED) is 0.175. The monoisotopic (exact) mass is 741 g/mol. The van der Waals surface area contributed by atoms with Gasteiger partial charge >= 0.3 is 0 Å². The van der Waals surface area contributed by atoms with Gasteiger partial charge in [-0.05, 0) is 54.3 Å². The van der Waals surface area contributed by atoms with E-state index in [0.29, 0.717) is 31.9 Å². The van der Waals surface area contributed by atoms with Crippen molar-refractivity contribution < 1.29 is 37.3 Å². The zero-order chi connectivity index (χ0) is 36.8. The van der Waals surface area contributed by atoms with Crippen LogP contribution in [0.1, 0.15) is 59.5 Å². The van der Waals surface area contributed by atoms with Gasteiger partial charge < -0.3 is 34.3 Å². The first-order chi connectivity index (χ1) is 25.7. The highest BCUT2D eigenvalue weighted by atomic mass is 32.2. The van der Waals surface area contributed by atoms with Crippen molar-refractivity contribution in [1.82, 2.24) is 9.62 Å². The minimum atomic E-state index is -4.00. The van der Waals surface area contributed by atoms with Crippen LogP contribution in [0.5, 0.6) is 0 Å². The maximum absolute atomic E-state index is 13.9. The molecule has 4 aromatic carbocycles. The molecule has 4 unspecified atom stereocenters. The number of aryl methyl sites for hydroxylation is 1. The minimum Gasteiger partial charge on any atom is -0.392 e. The van der Waals surface area contributed by atoms with E-state index in [9.17, 15) is 18.3 Å². The van der Waals surface area contributed by atoms with Crippen molar-refractivity contribution in [1.29, 1.82) is 0 Å². The largest absolute Gasteiger partial charge is 0.392 e. The Kier molecular flexibility index (Phi) is 11.7. The molecule has 12 heteroatoms. The van der Waals surface area contributed by atoms with Crippen LogP contribution >= 0.6 is 0 Å². The molecule has 53 heavy (non-hydrogen) atoms. The van der Waals surface area contributed by atoms with Crippen molar-refractivity contribution in [2.75, 3.05) is 38.2 Å². The van der Waals surface area contributed by atoms with Gasteiger partial charge in [0.15, 0.2) is 12.1 Å². The van der Waals surface area contributed by atoms with Gasteiger partial charge in [0, 0.05) is 50.1 Å². The maximum atomic E-state index is 13.9. The molecule has 0 aromatic heterocycles. The molecule has 3 fully saturated rings. The van der Waals surface area contributed by atoms with E-state index in [2.05, 4.69) is 14.9 Å². The molecule has 1 spiro atoms. The van der Waals surface area contributed by atoms with Gasteiger partial charge in [-0.1, -0.05) is 84.4 Å². The molecule has 3 heterocycles. The summed E-state index contributed by atoms with van der Waals surface area (Å²) in [6.07, 6.45) is 1.25. The number of aliphatic hydroxyl groups is 1. The van der Waals surface area contributed by atoms with Crippen molar-refractivity contribution >= 4 is 21.6 Å². The highest BCUT2D eigenvalue weighted by Gasteiger charge is 2.41. The summed E-state index contributed by atoms with van der Waals surface area (Å²) < 4.78 is 54.6. The topological polar surface area (TPSA) is 136 Å². The molecule has 4 aromatic rings. The average molecular weight is 742 g/mol. The predicted octanol–water partition coefficient (Wildman–Crippen LogP) is 5.40. The van der Waals surface area contributed by atoms with Crippen LogP contribution < -0.4 is 10.0 Å². The first-order valence-corrected chi connectivity index (χ1v) is 19.7. The Balaban J connectivity index is 1.09. The summed E-state index contributed by atoms with van der Waals surface area (Å²) in [6, 6.07) is 29.8. The number of piperidine rings is 1. The molecule has 0 saturated carbocycles. The standard InChI is InChI=1S/C41H47N3O8S/c1-29-10-16-36(17-11-29)53(47,48)43-37(24-30-6-3-2-4-7-30)39(46)42-34-9-5-8-33(25-34)40-51-35(26-38(52-40)32-14-12-31(28-45)13-15-32)27-44-20-18-41(19-21-44)49-22-23-50-41/h2-17,25,35,37-38,40,43,45H,18-24,26-28H2,1H3,(H,42,46). The van der Waals surface area contributed by atoms with Gasteiger partial charge in [-0.3, -0.25) is 4.79 Å². The van der Waals surface area contributed by atoms with E-state index in [0.717, 1.165) is 53.7 Å². The third-order valence-corrected chi connectivity index (χ3v) is 11.6. The lowest BCUT2D eigenvalue weighted by molar-refractivity contribution is -0.255. The van der Waals surface area contributed by atoms with Crippen molar-refractivity contribution in [3.8, 4) is 0 Å². The van der Waals surface area contributed by atoms with Gasteiger partial charge in [0.2, 0.25) is 15.9 Å². The number of carbonyl (C=O) groups is 1. The first-order valence-electron chi connectivity index (χ1n) is 18.2. The second-order valence-electron chi connectivity index (χ2n) is 14.0. The van der Waals surface area contributed by atoms with Crippen LogP contribution in [-0.4, -0.2) is 75.1 Å². The van der Waals surface area contributed by atoms with Crippen molar-refractivity contribution in [2.24, 2.45) is 0 Å². The lowest BCUT2D eigenvalue weighted by atomic mass is 9.98. The van der Waals surface area contributed by atoms with E-state index in [4.69, 9.17) is 18.9 Å². The number of hydrogen-bond donors (Lipinski definition) is 3. The van der Waals surface area contributed by atoms with E-state index in [1.54, 1.807) is 18.2 Å². The fourth-order valence-corrected chi connectivity index (χ4v) is 8.38. The summed E-state index contributed by atoms with van der Waals surface area (Å²) in [4.78, 5) is 16.4. The lowest BCUT2D eigenvalue weighted by Crippen LogP contribution is -2.48. The molecule has 3 aliphatic rings. The Morgan fingerprint density at radius 1 is 0.868 bits per heavy atom. The van der Waals surface area contributed by atoms with Crippen molar-refractivity contribution in [2.45, 2.75) is 74.4 Å². The number of nitrogens with zero attached hydrogens (tertiary/aromatic N) is 1. The van der Waals surface area contributed by atoms with Crippen LogP contribution in [0.2, 0.25) is 0 Å². The van der Waals surface area contributed by atoms with Crippen LogP contribution in [0, 0.1) is 6.92 Å². The molecule has 4 atom stereocenters. The Bertz CT molecular complexity index is 1930. The van der Waals surface area contributed by atoms with Gasteiger partial charge in [0.05, 0.1) is 36.9 Å². The zero-order valence-corrected chi connectivity index (χ0v) is 30.7. The highest BCUT2D eigenvalue weighted by Crippen LogP contribution is 2.39. The number of likely N-dealkylation sites (tertiary alicyclic amines) is 1. The average Bonchev–Trinajstić information content (AvgIpc) is 3.64. The summed E-state index contributed by atoms with van der Waals surface area (Å²) in [5.41, 5.74) is 4.75. The molecular weight excluding hydrogens is 695 g/mol. The Labute approximate surface area is 311 Å². The maximum Gasteiger partial charge on any atom is 0.242 e. The number of benzene rings is 4. The fraction of sp³-hybridized carbons (Fsp3) is 0.390. The molecule has 7 rings (SSSR count). The number of sulfonamides is 1. The number of carbonyl (C=O) groups excluding carboxylic acids is 1. The molecule has 3 N–H and O–H groups in total. The molecule has 11 nitrogen and oxygen atoms in total. The number of amides is 1. The Morgan fingerprint density at radius 2 is 1.58 bits per heavy atom. The van der Waals surface area contributed by atoms with E-state index < -0.39 is 34.0 Å². The number of hydrogen-bond acceptors (Lipinski definition) is 9. The van der Waals surface area contributed by atoms with Crippen LogP contribution in [0.25, 0.3) is 0 Å². The summed E-state index contributed by atoms with van der Waals surface area (Å²) in [6.45, 7) is 5.49. The zero-order valence-electron chi connectivity index (χ0n) is 29.9. The van der Waals surface area contributed by atoms with Crippen LogP contribution in [-0.2, 0) is 46.8 Å². The Hall–Kier alpha value is -3.98. The number of nitrogens with one attached hydrogen (secondary N) is 2.